The van der Waals surface area contributed by atoms with E-state index in [-0.39, 0.29) is 24.1 Å². The van der Waals surface area contributed by atoms with Gasteiger partial charge in [0.1, 0.15) is 11.6 Å². The van der Waals surface area contributed by atoms with Gasteiger partial charge in [0.25, 0.3) is 0 Å². The Bertz CT molecular complexity index is 574. The van der Waals surface area contributed by atoms with Gasteiger partial charge >= 0.3 is 5.97 Å². The number of carbonyl (C=O) groups is 3. The Morgan fingerprint density at radius 2 is 1.82 bits per heavy atom. The lowest BCUT2D eigenvalue weighted by atomic mass is 9.82. The summed E-state index contributed by atoms with van der Waals surface area (Å²) >= 11 is 0. The predicted molar refractivity (Wildman–Crippen MR) is 81.3 cm³/mol. The molecule has 118 valence electrons. The maximum atomic E-state index is 12.3. The van der Waals surface area contributed by atoms with Crippen LogP contribution in [-0.4, -0.2) is 29.3 Å². The lowest BCUT2D eigenvalue weighted by Crippen LogP contribution is -2.61. The average Bonchev–Trinajstić information content (AvgIpc) is 2.43. The first-order chi connectivity index (χ1) is 10.3. The summed E-state index contributed by atoms with van der Waals surface area (Å²) in [5, 5.41) is 2.62. The van der Waals surface area contributed by atoms with Crippen LogP contribution in [0.15, 0.2) is 30.3 Å². The minimum Gasteiger partial charge on any atom is -0.460 e. The average molecular weight is 303 g/mol. The predicted octanol–water partition coefficient (Wildman–Crippen LogP) is 2.11. The van der Waals surface area contributed by atoms with E-state index in [1.165, 1.54) is 0 Å². The zero-order valence-electron chi connectivity index (χ0n) is 13.1. The van der Waals surface area contributed by atoms with Crippen molar-refractivity contribution in [3.05, 3.63) is 35.9 Å². The third-order valence-corrected chi connectivity index (χ3v) is 3.46. The van der Waals surface area contributed by atoms with Gasteiger partial charge in [0.2, 0.25) is 5.91 Å². The van der Waals surface area contributed by atoms with Crippen LogP contribution >= 0.6 is 0 Å². The number of benzene rings is 1. The second-order valence-corrected chi connectivity index (χ2v) is 6.45. The van der Waals surface area contributed by atoms with E-state index in [4.69, 9.17) is 4.74 Å². The second-order valence-electron chi connectivity index (χ2n) is 6.45. The summed E-state index contributed by atoms with van der Waals surface area (Å²) in [6.45, 7) is 5.38. The first-order valence-corrected chi connectivity index (χ1v) is 7.39. The summed E-state index contributed by atoms with van der Waals surface area (Å²) in [5.74, 6) is -1.11. The van der Waals surface area contributed by atoms with Crippen LogP contribution in [0, 0.1) is 5.92 Å². The van der Waals surface area contributed by atoms with Crippen molar-refractivity contribution >= 4 is 17.7 Å². The number of carbonyl (C=O) groups excluding carboxylic acids is 3. The molecule has 1 amide bonds. The van der Waals surface area contributed by atoms with Gasteiger partial charge in [0, 0.05) is 12.0 Å². The van der Waals surface area contributed by atoms with E-state index in [1.807, 2.05) is 6.07 Å². The van der Waals surface area contributed by atoms with Gasteiger partial charge in [-0.1, -0.05) is 30.3 Å². The Balaban J connectivity index is 1.92. The van der Waals surface area contributed by atoms with Gasteiger partial charge in [0.05, 0.1) is 5.92 Å². The standard InChI is InChI=1S/C17H21NO4/c1-17(2,3)22-13(19)10-9-12-14(18-16(12)21)15(20)11-7-5-4-6-8-11/h4-8,12,14H,9-10H2,1-3H3,(H,18,21). The first kappa shape index (κ1) is 16.2. The van der Waals surface area contributed by atoms with Gasteiger partial charge in [-0.2, -0.15) is 0 Å². The number of nitrogens with one attached hydrogen (secondary N) is 1. The molecule has 0 saturated carbocycles. The number of hydrogen-bond acceptors (Lipinski definition) is 4. The lowest BCUT2D eigenvalue weighted by molar-refractivity contribution is -0.155. The van der Waals surface area contributed by atoms with Crippen LogP contribution < -0.4 is 5.32 Å². The molecule has 1 aliphatic heterocycles. The molecule has 0 radical (unpaired) electrons. The van der Waals surface area contributed by atoms with Crippen LogP contribution in [0.25, 0.3) is 0 Å². The van der Waals surface area contributed by atoms with E-state index in [9.17, 15) is 14.4 Å². The van der Waals surface area contributed by atoms with Crippen molar-refractivity contribution in [3.63, 3.8) is 0 Å². The molecule has 5 heteroatoms. The van der Waals surface area contributed by atoms with Crippen molar-refractivity contribution < 1.29 is 19.1 Å². The molecule has 2 rings (SSSR count). The van der Waals surface area contributed by atoms with Gasteiger partial charge in [-0.15, -0.1) is 0 Å². The Hall–Kier alpha value is -2.17. The zero-order valence-corrected chi connectivity index (χ0v) is 13.1. The summed E-state index contributed by atoms with van der Waals surface area (Å²) in [6, 6.07) is 8.29. The quantitative estimate of drug-likeness (QED) is 0.514. The summed E-state index contributed by atoms with van der Waals surface area (Å²) < 4.78 is 5.22. The fourth-order valence-corrected chi connectivity index (χ4v) is 2.41. The van der Waals surface area contributed by atoms with Crippen molar-refractivity contribution in [2.75, 3.05) is 0 Å². The molecule has 0 bridgehead atoms. The fraction of sp³-hybridized carbons (Fsp3) is 0.471. The smallest absolute Gasteiger partial charge is 0.306 e. The molecule has 2 unspecified atom stereocenters. The van der Waals surface area contributed by atoms with Gasteiger partial charge in [0.15, 0.2) is 5.78 Å². The number of amides is 1. The van der Waals surface area contributed by atoms with Crippen LogP contribution in [0.1, 0.15) is 44.0 Å². The van der Waals surface area contributed by atoms with Crippen molar-refractivity contribution in [2.24, 2.45) is 5.92 Å². The molecular weight excluding hydrogens is 282 g/mol. The van der Waals surface area contributed by atoms with Gasteiger partial charge < -0.3 is 10.1 Å². The molecule has 1 heterocycles. The monoisotopic (exact) mass is 303 g/mol. The van der Waals surface area contributed by atoms with Crippen LogP contribution in [0.4, 0.5) is 0 Å². The Kier molecular flexibility index (Phi) is 4.64. The van der Waals surface area contributed by atoms with Crippen molar-refractivity contribution in [1.82, 2.24) is 5.32 Å². The maximum absolute atomic E-state index is 12.3. The number of ketones is 1. The number of ether oxygens (including phenoxy) is 1. The third kappa shape index (κ3) is 3.93. The summed E-state index contributed by atoms with van der Waals surface area (Å²) in [5.41, 5.74) is 0.0212. The highest BCUT2D eigenvalue weighted by molar-refractivity contribution is 6.08. The number of hydrogen-bond donors (Lipinski definition) is 1. The number of esters is 1. The molecule has 2 atom stereocenters. The molecule has 5 nitrogen and oxygen atoms in total. The topological polar surface area (TPSA) is 72.5 Å². The van der Waals surface area contributed by atoms with Crippen LogP contribution in [0.2, 0.25) is 0 Å². The molecule has 1 N–H and O–H groups in total. The minimum absolute atomic E-state index is 0.116. The summed E-state index contributed by atoms with van der Waals surface area (Å²) in [7, 11) is 0. The number of β-lactam (4-membered cyclic amide) rings is 1. The van der Waals surface area contributed by atoms with E-state index in [0.717, 1.165) is 0 Å². The van der Waals surface area contributed by atoms with Crippen molar-refractivity contribution in [3.8, 4) is 0 Å². The molecule has 0 spiro atoms. The molecule has 0 aromatic heterocycles. The van der Waals surface area contributed by atoms with E-state index >= 15 is 0 Å². The fourth-order valence-electron chi connectivity index (χ4n) is 2.41. The van der Waals surface area contributed by atoms with Crippen LogP contribution in [0.5, 0.6) is 0 Å². The first-order valence-electron chi connectivity index (χ1n) is 7.39. The third-order valence-electron chi connectivity index (χ3n) is 3.46. The molecular formula is C17H21NO4. The maximum Gasteiger partial charge on any atom is 0.306 e. The highest BCUT2D eigenvalue weighted by atomic mass is 16.6. The number of rotatable bonds is 5. The summed E-state index contributed by atoms with van der Waals surface area (Å²) in [6.07, 6.45) is 0.456. The van der Waals surface area contributed by atoms with E-state index < -0.39 is 17.6 Å². The second kappa shape index (κ2) is 6.30. The Labute approximate surface area is 130 Å². The van der Waals surface area contributed by atoms with Gasteiger partial charge in [-0.3, -0.25) is 14.4 Å². The zero-order chi connectivity index (χ0) is 16.3. The molecule has 0 aliphatic carbocycles. The molecule has 1 fully saturated rings. The Morgan fingerprint density at radius 3 is 2.36 bits per heavy atom. The van der Waals surface area contributed by atoms with Crippen LogP contribution in [-0.2, 0) is 14.3 Å². The van der Waals surface area contributed by atoms with Crippen molar-refractivity contribution in [2.45, 2.75) is 45.3 Å². The highest BCUT2D eigenvalue weighted by Crippen LogP contribution is 2.24. The SMILES string of the molecule is CC(C)(C)OC(=O)CCC1C(=O)NC1C(=O)c1ccccc1. The Morgan fingerprint density at radius 1 is 1.18 bits per heavy atom. The van der Waals surface area contributed by atoms with Gasteiger partial charge in [-0.05, 0) is 27.2 Å². The molecule has 1 saturated heterocycles. The molecule has 22 heavy (non-hydrogen) atoms. The van der Waals surface area contributed by atoms with E-state index in [0.29, 0.717) is 12.0 Å². The van der Waals surface area contributed by atoms with Crippen molar-refractivity contribution in [1.29, 1.82) is 0 Å². The molecule has 1 aromatic carbocycles. The van der Waals surface area contributed by atoms with Crippen LogP contribution in [0.3, 0.4) is 0 Å². The molecule has 1 aliphatic rings. The molecule has 1 aromatic rings. The lowest BCUT2D eigenvalue weighted by Gasteiger charge is -2.35. The highest BCUT2D eigenvalue weighted by Gasteiger charge is 2.43. The van der Waals surface area contributed by atoms with E-state index in [1.54, 1.807) is 45.0 Å². The summed E-state index contributed by atoms with van der Waals surface area (Å²) in [4.78, 5) is 35.7. The normalized spacial score (nSPS) is 20.8. The minimum atomic E-state index is -0.544. The van der Waals surface area contributed by atoms with Gasteiger partial charge in [-0.25, -0.2) is 0 Å². The largest absolute Gasteiger partial charge is 0.460 e. The van der Waals surface area contributed by atoms with E-state index in [2.05, 4.69) is 5.32 Å². The number of Topliss-reactive ketones (excluding diaryl/α,β-unsaturated/α-hetero) is 1.